The average Bonchev–Trinajstić information content (AvgIpc) is 2.67. The molecule has 0 unspecified atom stereocenters. The molecule has 1 fully saturated rings. The molecule has 0 saturated carbocycles. The Kier molecular flexibility index (Phi) is 7.16. The maximum absolute atomic E-state index is 13.1. The smallest absolute Gasteiger partial charge is 0.252 e. The van der Waals surface area contributed by atoms with E-state index in [1.54, 1.807) is 11.8 Å². The van der Waals surface area contributed by atoms with E-state index in [4.69, 9.17) is 11.6 Å². The predicted molar refractivity (Wildman–Crippen MR) is 110 cm³/mol. The molecule has 6 heteroatoms. The van der Waals surface area contributed by atoms with Crippen LogP contribution in [-0.2, 0) is 6.54 Å². The van der Waals surface area contributed by atoms with E-state index >= 15 is 0 Å². The molecule has 3 nitrogen and oxygen atoms in total. The maximum atomic E-state index is 13.1. The number of nitrogens with one attached hydrogen (secondary N) is 1. The van der Waals surface area contributed by atoms with Crippen LogP contribution in [0.2, 0.25) is 5.02 Å². The van der Waals surface area contributed by atoms with E-state index in [-0.39, 0.29) is 10.9 Å². The Hall–Kier alpha value is -1.56. The van der Waals surface area contributed by atoms with Crippen LogP contribution in [0.3, 0.4) is 0 Å². The minimum Gasteiger partial charge on any atom is -0.352 e. The van der Waals surface area contributed by atoms with Gasteiger partial charge in [0.25, 0.3) is 5.91 Å². The van der Waals surface area contributed by atoms with Gasteiger partial charge in [-0.25, -0.2) is 4.39 Å². The van der Waals surface area contributed by atoms with Crippen molar-refractivity contribution in [1.29, 1.82) is 0 Å². The summed E-state index contributed by atoms with van der Waals surface area (Å²) in [4.78, 5) is 16.1. The normalized spacial score (nSPS) is 15.7. The molecule has 1 heterocycles. The zero-order valence-electron chi connectivity index (χ0n) is 15.4. The molecular weight excluding hydrogens is 383 g/mol. The fourth-order valence-corrected chi connectivity index (χ4v) is 4.29. The highest BCUT2D eigenvalue weighted by molar-refractivity contribution is 7.98. The van der Waals surface area contributed by atoms with Crippen LogP contribution >= 0.6 is 23.4 Å². The molecule has 0 bridgehead atoms. The van der Waals surface area contributed by atoms with Crippen molar-refractivity contribution in [2.24, 2.45) is 5.92 Å². The summed E-state index contributed by atoms with van der Waals surface area (Å²) in [6.45, 7) is 3.66. The van der Waals surface area contributed by atoms with E-state index in [9.17, 15) is 9.18 Å². The monoisotopic (exact) mass is 406 g/mol. The van der Waals surface area contributed by atoms with E-state index in [1.165, 1.54) is 28.7 Å². The van der Waals surface area contributed by atoms with Crippen molar-refractivity contribution in [2.45, 2.75) is 24.3 Å². The topological polar surface area (TPSA) is 32.3 Å². The first-order valence-electron chi connectivity index (χ1n) is 9.14. The van der Waals surface area contributed by atoms with Crippen molar-refractivity contribution in [3.8, 4) is 0 Å². The highest BCUT2D eigenvalue weighted by Gasteiger charge is 2.21. The van der Waals surface area contributed by atoms with Gasteiger partial charge in [0.1, 0.15) is 5.82 Å². The van der Waals surface area contributed by atoms with Crippen LogP contribution in [-0.4, -0.2) is 36.7 Å². The number of amides is 1. The lowest BCUT2D eigenvalue weighted by molar-refractivity contribution is 0.0935. The van der Waals surface area contributed by atoms with Gasteiger partial charge in [0.15, 0.2) is 0 Å². The van der Waals surface area contributed by atoms with Crippen LogP contribution in [0.5, 0.6) is 0 Å². The van der Waals surface area contributed by atoms with Gasteiger partial charge < -0.3 is 5.32 Å². The van der Waals surface area contributed by atoms with Gasteiger partial charge in [0.05, 0.1) is 10.6 Å². The van der Waals surface area contributed by atoms with Crippen molar-refractivity contribution in [2.75, 3.05) is 25.9 Å². The van der Waals surface area contributed by atoms with Crippen molar-refractivity contribution in [3.63, 3.8) is 0 Å². The first kappa shape index (κ1) is 20.2. The Bertz CT molecular complexity index is 794. The van der Waals surface area contributed by atoms with Crippen LogP contribution < -0.4 is 5.32 Å². The molecule has 1 saturated heterocycles. The fraction of sp³-hybridized carbons (Fsp3) is 0.381. The molecule has 144 valence electrons. The summed E-state index contributed by atoms with van der Waals surface area (Å²) in [7, 11) is 0. The molecule has 1 aliphatic heterocycles. The molecule has 2 aromatic carbocycles. The Morgan fingerprint density at radius 3 is 2.70 bits per heavy atom. The van der Waals surface area contributed by atoms with Crippen LogP contribution in [0.15, 0.2) is 47.4 Å². The summed E-state index contributed by atoms with van der Waals surface area (Å²) in [5.74, 6) is -0.219. The molecular formula is C21H24ClFN2OS. The largest absolute Gasteiger partial charge is 0.352 e. The minimum atomic E-state index is -0.438. The van der Waals surface area contributed by atoms with Crippen LogP contribution in [0, 0.1) is 11.7 Å². The molecule has 27 heavy (non-hydrogen) atoms. The lowest BCUT2D eigenvalue weighted by Crippen LogP contribution is -2.38. The van der Waals surface area contributed by atoms with E-state index in [0.29, 0.717) is 18.0 Å². The molecule has 1 amide bonds. The van der Waals surface area contributed by atoms with Gasteiger partial charge in [-0.2, -0.15) is 0 Å². The summed E-state index contributed by atoms with van der Waals surface area (Å²) in [6, 6.07) is 12.4. The number of nitrogens with zero attached hydrogens (tertiary/aromatic N) is 1. The summed E-state index contributed by atoms with van der Waals surface area (Å²) >= 11 is 7.74. The fourth-order valence-electron chi connectivity index (χ4n) is 3.43. The van der Waals surface area contributed by atoms with Crippen molar-refractivity contribution in [1.82, 2.24) is 10.2 Å². The molecule has 2 aromatic rings. The van der Waals surface area contributed by atoms with E-state index in [0.717, 1.165) is 32.5 Å². The number of likely N-dealkylation sites (tertiary alicyclic amines) is 1. The number of piperidine rings is 1. The third-order valence-corrected chi connectivity index (χ3v) is 6.17. The van der Waals surface area contributed by atoms with Gasteiger partial charge in [-0.05, 0) is 67.9 Å². The molecule has 0 atom stereocenters. The number of hydrogen-bond donors (Lipinski definition) is 1. The van der Waals surface area contributed by atoms with E-state index in [2.05, 4.69) is 40.7 Å². The number of thioether (sulfide) groups is 1. The zero-order chi connectivity index (χ0) is 19.2. The number of halogens is 2. The van der Waals surface area contributed by atoms with Gasteiger partial charge in [-0.1, -0.05) is 29.8 Å². The molecule has 0 aliphatic carbocycles. The van der Waals surface area contributed by atoms with Crippen molar-refractivity contribution < 1.29 is 9.18 Å². The summed E-state index contributed by atoms with van der Waals surface area (Å²) < 4.78 is 13.1. The standard InChI is InChI=1S/C21H24ClFN2OS/c1-27-20-5-3-2-4-16(20)14-25-10-8-15(9-11-25)13-24-21(26)18-7-6-17(23)12-19(18)22/h2-7,12,15H,8-11,13-14H2,1H3,(H,24,26). The zero-order valence-corrected chi connectivity index (χ0v) is 17.0. The Labute approximate surface area is 169 Å². The second-order valence-corrected chi connectivity index (χ2v) is 8.12. The number of carbonyl (C=O) groups excluding carboxylic acids is 1. The van der Waals surface area contributed by atoms with Gasteiger partial charge in [0.2, 0.25) is 0 Å². The summed E-state index contributed by atoms with van der Waals surface area (Å²) in [6.07, 6.45) is 4.22. The van der Waals surface area contributed by atoms with Crippen LogP contribution in [0.4, 0.5) is 4.39 Å². The highest BCUT2D eigenvalue weighted by Crippen LogP contribution is 2.24. The van der Waals surface area contributed by atoms with Gasteiger partial charge in [0, 0.05) is 18.0 Å². The molecule has 1 aliphatic rings. The lowest BCUT2D eigenvalue weighted by atomic mass is 9.96. The van der Waals surface area contributed by atoms with Gasteiger partial charge in [-0.3, -0.25) is 9.69 Å². The molecule has 1 N–H and O–H groups in total. The first-order valence-corrected chi connectivity index (χ1v) is 10.7. The minimum absolute atomic E-state index is 0.148. The van der Waals surface area contributed by atoms with Gasteiger partial charge in [-0.15, -0.1) is 11.8 Å². The predicted octanol–water partition coefficient (Wildman–Crippen LogP) is 4.84. The van der Waals surface area contributed by atoms with Crippen LogP contribution in [0.1, 0.15) is 28.8 Å². The first-order chi connectivity index (χ1) is 13.1. The third kappa shape index (κ3) is 5.47. The average molecular weight is 407 g/mol. The molecule has 0 spiro atoms. The third-order valence-electron chi connectivity index (χ3n) is 5.02. The van der Waals surface area contributed by atoms with Crippen LogP contribution in [0.25, 0.3) is 0 Å². The SMILES string of the molecule is CSc1ccccc1CN1CCC(CNC(=O)c2ccc(F)cc2Cl)CC1. The second kappa shape index (κ2) is 9.58. The Morgan fingerprint density at radius 1 is 1.26 bits per heavy atom. The highest BCUT2D eigenvalue weighted by atomic mass is 35.5. The maximum Gasteiger partial charge on any atom is 0.252 e. The number of rotatable bonds is 6. The Balaban J connectivity index is 1.46. The molecule has 0 radical (unpaired) electrons. The van der Waals surface area contributed by atoms with Gasteiger partial charge >= 0.3 is 0 Å². The Morgan fingerprint density at radius 2 is 2.00 bits per heavy atom. The van der Waals surface area contributed by atoms with Crippen molar-refractivity contribution in [3.05, 3.63) is 64.4 Å². The van der Waals surface area contributed by atoms with E-state index < -0.39 is 5.82 Å². The summed E-state index contributed by atoms with van der Waals surface area (Å²) in [5.41, 5.74) is 1.70. The van der Waals surface area contributed by atoms with E-state index in [1.807, 2.05) is 0 Å². The lowest BCUT2D eigenvalue weighted by Gasteiger charge is -2.32. The molecule has 3 rings (SSSR count). The quantitative estimate of drug-likeness (QED) is 0.696. The number of benzene rings is 2. The number of hydrogen-bond acceptors (Lipinski definition) is 3. The number of carbonyl (C=O) groups is 1. The molecule has 0 aromatic heterocycles. The summed E-state index contributed by atoms with van der Waals surface area (Å²) in [5, 5.41) is 3.09. The second-order valence-electron chi connectivity index (χ2n) is 6.87. The van der Waals surface area contributed by atoms with Crippen molar-refractivity contribution >= 4 is 29.3 Å².